The maximum absolute atomic E-state index is 14.1. The van der Waals surface area contributed by atoms with Gasteiger partial charge in [0.1, 0.15) is 4.90 Å². The number of halogens is 3. The van der Waals surface area contributed by atoms with Crippen molar-refractivity contribution in [2.75, 3.05) is 12.3 Å². The Labute approximate surface area is 157 Å². The van der Waals surface area contributed by atoms with Crippen molar-refractivity contribution in [2.45, 2.75) is 11.4 Å². The number of amides is 1. The van der Waals surface area contributed by atoms with E-state index >= 15 is 0 Å². The van der Waals surface area contributed by atoms with Gasteiger partial charge in [-0.1, -0.05) is 41.9 Å². The number of carbonyl (C=O) groups is 1. The number of rotatable bonds is 6. The predicted molar refractivity (Wildman–Crippen MR) is 97.0 cm³/mol. The van der Waals surface area contributed by atoms with Crippen LogP contribution in [-0.2, 0) is 21.4 Å². The minimum Gasteiger partial charge on any atom is -0.395 e. The van der Waals surface area contributed by atoms with Crippen LogP contribution < -0.4 is 15.8 Å². The van der Waals surface area contributed by atoms with Gasteiger partial charge in [-0.25, -0.2) is 17.5 Å². The molecule has 0 saturated heterocycles. The lowest BCUT2D eigenvalue weighted by Crippen LogP contribution is -2.37. The number of anilines is 1. The molecule has 2 aromatic rings. The lowest BCUT2D eigenvalue weighted by molar-refractivity contribution is -0.120. The van der Waals surface area contributed by atoms with Gasteiger partial charge in [0.2, 0.25) is 15.9 Å². The summed E-state index contributed by atoms with van der Waals surface area (Å²) in [5.41, 5.74) is 5.90. The average molecular weight is 451 g/mol. The van der Waals surface area contributed by atoms with Crippen molar-refractivity contribution in [3.63, 3.8) is 0 Å². The van der Waals surface area contributed by atoms with Crippen LogP contribution in [0, 0.1) is 5.82 Å². The number of nitrogen functional groups attached to an aromatic ring is 1. The van der Waals surface area contributed by atoms with E-state index < -0.39 is 38.9 Å². The first-order valence-electron chi connectivity index (χ1n) is 6.95. The van der Waals surface area contributed by atoms with Gasteiger partial charge in [0, 0.05) is 6.54 Å². The lowest BCUT2D eigenvalue weighted by atomic mass is 10.2. The second kappa shape index (κ2) is 8.13. The summed E-state index contributed by atoms with van der Waals surface area (Å²) in [5, 5.41) is 2.49. The smallest absolute Gasteiger partial charge is 0.244 e. The molecule has 0 bridgehead atoms. The number of hydrogen-bond acceptors (Lipinski definition) is 4. The van der Waals surface area contributed by atoms with Crippen LogP contribution in [0.15, 0.2) is 45.8 Å². The van der Waals surface area contributed by atoms with E-state index in [1.54, 1.807) is 0 Å². The predicted octanol–water partition coefficient (Wildman–Crippen LogP) is 2.42. The highest BCUT2D eigenvalue weighted by Gasteiger charge is 2.24. The van der Waals surface area contributed by atoms with Crippen LogP contribution in [0.5, 0.6) is 0 Å². The standard InChI is InChI=1S/C15H14BrClFN3O3S/c16-13-10(17)6-11(14(18)15(13)19)25(23,24)21-8-12(22)20-7-9-4-2-1-3-5-9/h1-6,21H,7-8,19H2,(H,20,22). The number of nitrogens with two attached hydrogens (primary N) is 1. The molecule has 0 spiro atoms. The van der Waals surface area contributed by atoms with Crippen LogP contribution in [0.4, 0.5) is 10.1 Å². The van der Waals surface area contributed by atoms with E-state index in [-0.39, 0.29) is 16.0 Å². The summed E-state index contributed by atoms with van der Waals surface area (Å²) in [6.07, 6.45) is 0. The summed E-state index contributed by atoms with van der Waals surface area (Å²) in [5.74, 6) is -1.71. The Morgan fingerprint density at radius 2 is 1.92 bits per heavy atom. The third-order valence-corrected chi connectivity index (χ3v) is 5.98. The highest BCUT2D eigenvalue weighted by Crippen LogP contribution is 2.34. The van der Waals surface area contributed by atoms with Crippen LogP contribution >= 0.6 is 27.5 Å². The largest absolute Gasteiger partial charge is 0.395 e. The molecule has 25 heavy (non-hydrogen) atoms. The molecule has 0 aliphatic heterocycles. The number of sulfonamides is 1. The number of nitrogens with one attached hydrogen (secondary N) is 2. The fourth-order valence-corrected chi connectivity index (χ4v) is 3.55. The SMILES string of the molecule is Nc1c(F)c(S(=O)(=O)NCC(=O)NCc2ccccc2)cc(Cl)c1Br. The molecule has 0 heterocycles. The van der Waals surface area contributed by atoms with Gasteiger partial charge in [0.25, 0.3) is 0 Å². The molecule has 6 nitrogen and oxygen atoms in total. The van der Waals surface area contributed by atoms with E-state index in [4.69, 9.17) is 17.3 Å². The van der Waals surface area contributed by atoms with Gasteiger partial charge in [-0.05, 0) is 27.6 Å². The van der Waals surface area contributed by atoms with Crippen LogP contribution in [0.25, 0.3) is 0 Å². The van der Waals surface area contributed by atoms with Gasteiger partial charge >= 0.3 is 0 Å². The van der Waals surface area contributed by atoms with E-state index in [0.717, 1.165) is 11.6 Å². The molecule has 0 saturated carbocycles. The second-order valence-corrected chi connectivity index (χ2v) is 7.92. The first-order valence-corrected chi connectivity index (χ1v) is 9.61. The molecule has 1 amide bonds. The maximum atomic E-state index is 14.1. The van der Waals surface area contributed by atoms with Gasteiger partial charge in [-0.15, -0.1) is 0 Å². The van der Waals surface area contributed by atoms with Gasteiger partial charge in [-0.3, -0.25) is 4.79 Å². The third-order valence-electron chi connectivity index (χ3n) is 3.20. The van der Waals surface area contributed by atoms with Gasteiger partial charge in [0.05, 0.1) is 21.7 Å². The molecule has 0 atom stereocenters. The van der Waals surface area contributed by atoms with Crippen LogP contribution in [-0.4, -0.2) is 20.9 Å². The topological polar surface area (TPSA) is 101 Å². The molecule has 2 rings (SSSR count). The zero-order chi connectivity index (χ0) is 18.6. The lowest BCUT2D eigenvalue weighted by Gasteiger charge is -2.11. The molecule has 0 aromatic heterocycles. The zero-order valence-corrected chi connectivity index (χ0v) is 15.9. The fraction of sp³-hybridized carbons (Fsp3) is 0.133. The molecule has 0 aliphatic rings. The van der Waals surface area contributed by atoms with Gasteiger partial charge in [-0.2, -0.15) is 0 Å². The van der Waals surface area contributed by atoms with Crippen molar-refractivity contribution < 1.29 is 17.6 Å². The minimum absolute atomic E-state index is 0.0613. The highest BCUT2D eigenvalue weighted by atomic mass is 79.9. The molecular formula is C15H14BrClFN3O3S. The number of hydrogen-bond donors (Lipinski definition) is 3. The van der Waals surface area contributed by atoms with Crippen molar-refractivity contribution in [2.24, 2.45) is 0 Å². The summed E-state index contributed by atoms with van der Waals surface area (Å²) in [6.45, 7) is -0.310. The molecule has 4 N–H and O–H groups in total. The fourth-order valence-electron chi connectivity index (χ4n) is 1.89. The molecule has 10 heteroatoms. The van der Waals surface area contributed by atoms with Gasteiger partial charge in [0.15, 0.2) is 5.82 Å². The van der Waals surface area contributed by atoms with Crippen molar-refractivity contribution in [3.8, 4) is 0 Å². The Morgan fingerprint density at radius 3 is 2.56 bits per heavy atom. The molecule has 0 aliphatic carbocycles. The monoisotopic (exact) mass is 449 g/mol. The first-order chi connectivity index (χ1) is 11.7. The van der Waals surface area contributed by atoms with Crippen molar-refractivity contribution in [1.29, 1.82) is 0 Å². The van der Waals surface area contributed by atoms with E-state index in [2.05, 4.69) is 21.2 Å². The van der Waals surface area contributed by atoms with Crippen LogP contribution in [0.3, 0.4) is 0 Å². The summed E-state index contributed by atoms with van der Waals surface area (Å²) in [4.78, 5) is 11.0. The van der Waals surface area contributed by atoms with Crippen LogP contribution in [0.1, 0.15) is 5.56 Å². The third kappa shape index (κ3) is 4.91. The van der Waals surface area contributed by atoms with Crippen molar-refractivity contribution in [1.82, 2.24) is 10.0 Å². The Kier molecular flexibility index (Phi) is 6.39. The first kappa shape index (κ1) is 19.6. The Morgan fingerprint density at radius 1 is 1.28 bits per heavy atom. The molecule has 134 valence electrons. The average Bonchev–Trinajstić information content (AvgIpc) is 2.60. The van der Waals surface area contributed by atoms with Gasteiger partial charge < -0.3 is 11.1 Å². The Balaban J connectivity index is 2.03. The quantitative estimate of drug-likeness (QED) is 0.465. The second-order valence-electron chi connectivity index (χ2n) is 4.99. The Hall–Kier alpha value is -1.68. The summed E-state index contributed by atoms with van der Waals surface area (Å²) >= 11 is 8.77. The molecular weight excluding hydrogens is 437 g/mol. The summed E-state index contributed by atoms with van der Waals surface area (Å²) < 4.78 is 40.6. The van der Waals surface area contributed by atoms with Crippen molar-refractivity contribution >= 4 is 49.1 Å². The van der Waals surface area contributed by atoms with Crippen LogP contribution in [0.2, 0.25) is 5.02 Å². The van der Waals surface area contributed by atoms with Crippen molar-refractivity contribution in [3.05, 3.63) is 57.3 Å². The summed E-state index contributed by atoms with van der Waals surface area (Å²) in [6, 6.07) is 10.0. The minimum atomic E-state index is -4.30. The van der Waals surface area contributed by atoms with E-state index in [1.807, 2.05) is 35.1 Å². The number of benzene rings is 2. The molecule has 2 aromatic carbocycles. The Bertz CT molecular complexity index is 895. The molecule has 0 fully saturated rings. The maximum Gasteiger partial charge on any atom is 0.244 e. The van der Waals surface area contributed by atoms with E-state index in [1.165, 1.54) is 0 Å². The normalized spacial score (nSPS) is 11.3. The molecule has 0 unspecified atom stereocenters. The highest BCUT2D eigenvalue weighted by molar-refractivity contribution is 9.10. The molecule has 0 radical (unpaired) electrons. The van der Waals surface area contributed by atoms with E-state index in [0.29, 0.717) is 0 Å². The zero-order valence-electron chi connectivity index (χ0n) is 12.7. The van der Waals surface area contributed by atoms with E-state index in [9.17, 15) is 17.6 Å². The number of carbonyl (C=O) groups excluding carboxylic acids is 1. The summed E-state index contributed by atoms with van der Waals surface area (Å²) in [7, 11) is -4.30.